The number of nitrogens with one attached hydrogen (secondary N) is 1. The molecule has 3 N–H and O–H groups in total. The first kappa shape index (κ1) is 9.05. The van der Waals surface area contributed by atoms with Crippen molar-refractivity contribution in [2.75, 3.05) is 5.75 Å². The van der Waals surface area contributed by atoms with E-state index in [1.165, 1.54) is 0 Å². The third-order valence-electron chi connectivity index (χ3n) is 1.53. The molecule has 1 atom stereocenters. The molecule has 5 nitrogen and oxygen atoms in total. The Morgan fingerprint density at radius 3 is 2.75 bits per heavy atom. The monoisotopic (exact) mass is 190 g/mol. The standard InChI is InChI=1S/C6H10N2O3S/c1-4-2-12(9,10)3-5(4)11-6(7)8/h2,5H,3H2,1H3,(H3,7,8). The van der Waals surface area contributed by atoms with E-state index in [0.29, 0.717) is 5.57 Å². The number of rotatable bonds is 1. The van der Waals surface area contributed by atoms with Crippen LogP contribution in [0.15, 0.2) is 11.0 Å². The first-order valence-corrected chi connectivity index (χ1v) is 5.04. The summed E-state index contributed by atoms with van der Waals surface area (Å²) in [7, 11) is -3.13. The van der Waals surface area contributed by atoms with Crippen LogP contribution in [0.2, 0.25) is 0 Å². The summed E-state index contributed by atoms with van der Waals surface area (Å²) in [6.45, 7) is 1.64. The van der Waals surface area contributed by atoms with Crippen LogP contribution in [0.4, 0.5) is 0 Å². The second-order valence-electron chi connectivity index (χ2n) is 2.66. The summed E-state index contributed by atoms with van der Waals surface area (Å²) < 4.78 is 26.7. The zero-order valence-corrected chi connectivity index (χ0v) is 7.39. The highest BCUT2D eigenvalue weighted by Gasteiger charge is 2.28. The van der Waals surface area contributed by atoms with Gasteiger partial charge >= 0.3 is 0 Å². The van der Waals surface area contributed by atoms with Gasteiger partial charge in [-0.15, -0.1) is 0 Å². The van der Waals surface area contributed by atoms with E-state index < -0.39 is 22.0 Å². The molecule has 1 heterocycles. The molecule has 0 aromatic rings. The largest absolute Gasteiger partial charge is 0.457 e. The number of hydrogen-bond donors (Lipinski definition) is 2. The molecule has 1 aliphatic rings. The van der Waals surface area contributed by atoms with Crippen molar-refractivity contribution in [3.05, 3.63) is 11.0 Å². The van der Waals surface area contributed by atoms with Crippen molar-refractivity contribution >= 4 is 15.9 Å². The fourth-order valence-corrected chi connectivity index (χ4v) is 2.60. The van der Waals surface area contributed by atoms with Gasteiger partial charge in [0.1, 0.15) is 6.10 Å². The average molecular weight is 190 g/mol. The van der Waals surface area contributed by atoms with Crippen LogP contribution in [0.25, 0.3) is 0 Å². The van der Waals surface area contributed by atoms with E-state index in [9.17, 15) is 8.42 Å². The van der Waals surface area contributed by atoms with Crippen LogP contribution in [0, 0.1) is 5.41 Å². The maximum absolute atomic E-state index is 11.0. The molecule has 0 saturated heterocycles. The second-order valence-corrected chi connectivity index (χ2v) is 4.56. The lowest BCUT2D eigenvalue weighted by molar-refractivity contribution is 0.242. The smallest absolute Gasteiger partial charge is 0.279 e. The zero-order valence-electron chi connectivity index (χ0n) is 6.57. The minimum atomic E-state index is -3.13. The molecule has 0 spiro atoms. The molecule has 0 radical (unpaired) electrons. The van der Waals surface area contributed by atoms with Crippen LogP contribution in [-0.2, 0) is 14.6 Å². The van der Waals surface area contributed by atoms with Crippen molar-refractivity contribution in [3.63, 3.8) is 0 Å². The van der Waals surface area contributed by atoms with Crippen molar-refractivity contribution in [3.8, 4) is 0 Å². The van der Waals surface area contributed by atoms with Gasteiger partial charge in [-0.3, -0.25) is 5.41 Å². The van der Waals surface area contributed by atoms with E-state index in [0.717, 1.165) is 5.41 Å². The summed E-state index contributed by atoms with van der Waals surface area (Å²) in [5.74, 6) is -0.113. The highest BCUT2D eigenvalue weighted by Crippen LogP contribution is 2.19. The van der Waals surface area contributed by atoms with Crippen LogP contribution < -0.4 is 5.73 Å². The predicted molar refractivity (Wildman–Crippen MR) is 44.3 cm³/mol. The first-order chi connectivity index (χ1) is 5.41. The molecule has 1 unspecified atom stereocenters. The SMILES string of the molecule is CC1=CS(=O)(=O)CC1OC(=N)N. The first-order valence-electron chi connectivity index (χ1n) is 3.32. The number of ether oxygens (including phenoxy) is 1. The van der Waals surface area contributed by atoms with Crippen molar-refractivity contribution in [1.82, 2.24) is 0 Å². The molecule has 0 bridgehead atoms. The molecular weight excluding hydrogens is 180 g/mol. The van der Waals surface area contributed by atoms with Gasteiger partial charge in [-0.05, 0) is 12.5 Å². The summed E-state index contributed by atoms with van der Waals surface area (Å²) in [6, 6.07) is -0.454. The lowest BCUT2D eigenvalue weighted by Gasteiger charge is -2.10. The molecule has 0 aromatic heterocycles. The minimum Gasteiger partial charge on any atom is -0.457 e. The molecule has 68 valence electrons. The highest BCUT2D eigenvalue weighted by molar-refractivity contribution is 7.94. The van der Waals surface area contributed by atoms with Crippen LogP contribution >= 0.6 is 0 Å². The average Bonchev–Trinajstić information content (AvgIpc) is 2.03. The summed E-state index contributed by atoms with van der Waals surface area (Å²) in [4.78, 5) is 0. The maximum Gasteiger partial charge on any atom is 0.279 e. The van der Waals surface area contributed by atoms with Crippen molar-refractivity contribution in [1.29, 1.82) is 5.41 Å². The highest BCUT2D eigenvalue weighted by atomic mass is 32.2. The molecule has 0 saturated carbocycles. The van der Waals surface area contributed by atoms with Gasteiger partial charge in [-0.25, -0.2) is 8.42 Å². The Labute approximate surface area is 70.6 Å². The summed E-state index contributed by atoms with van der Waals surface area (Å²) in [5.41, 5.74) is 5.55. The summed E-state index contributed by atoms with van der Waals surface area (Å²) >= 11 is 0. The number of sulfone groups is 1. The molecular formula is C6H10N2O3S. The van der Waals surface area contributed by atoms with Gasteiger partial charge in [-0.2, -0.15) is 0 Å². The van der Waals surface area contributed by atoms with Gasteiger partial charge in [0.2, 0.25) is 0 Å². The Bertz CT molecular complexity index is 331. The van der Waals surface area contributed by atoms with Crippen LogP contribution in [0.5, 0.6) is 0 Å². The minimum absolute atomic E-state index is 0.113. The van der Waals surface area contributed by atoms with Crippen molar-refractivity contribution in [2.24, 2.45) is 5.73 Å². The molecule has 6 heteroatoms. The fourth-order valence-electron chi connectivity index (χ4n) is 1.03. The van der Waals surface area contributed by atoms with Crippen LogP contribution in [0.1, 0.15) is 6.92 Å². The van der Waals surface area contributed by atoms with Gasteiger partial charge in [0.05, 0.1) is 5.75 Å². The Morgan fingerprint density at radius 2 is 2.42 bits per heavy atom. The number of hydrogen-bond acceptors (Lipinski definition) is 4. The predicted octanol–water partition coefficient (Wildman–Crippen LogP) is -0.403. The summed E-state index contributed by atoms with van der Waals surface area (Å²) in [5, 5.41) is 7.97. The quantitative estimate of drug-likeness (QED) is 0.434. The third-order valence-corrected chi connectivity index (χ3v) is 3.02. The topological polar surface area (TPSA) is 93.2 Å². The van der Waals surface area contributed by atoms with Gasteiger partial charge in [0.25, 0.3) is 6.02 Å². The Morgan fingerprint density at radius 1 is 1.83 bits per heavy atom. The number of amidine groups is 1. The van der Waals surface area contributed by atoms with Crippen molar-refractivity contribution < 1.29 is 13.2 Å². The van der Waals surface area contributed by atoms with E-state index in [1.807, 2.05) is 0 Å². The second kappa shape index (κ2) is 2.78. The lowest BCUT2D eigenvalue weighted by atomic mass is 10.2. The Kier molecular flexibility index (Phi) is 2.10. The summed E-state index contributed by atoms with van der Waals surface area (Å²) in [6.07, 6.45) is -0.576. The normalized spacial score (nSPS) is 26.4. The molecule has 1 aliphatic heterocycles. The molecule has 0 fully saturated rings. The zero-order chi connectivity index (χ0) is 9.35. The van der Waals surface area contributed by atoms with E-state index >= 15 is 0 Å². The van der Waals surface area contributed by atoms with Gasteiger partial charge < -0.3 is 10.5 Å². The van der Waals surface area contributed by atoms with Crippen LogP contribution in [-0.4, -0.2) is 26.3 Å². The van der Waals surface area contributed by atoms with E-state index in [-0.39, 0.29) is 5.75 Å². The molecule has 0 amide bonds. The molecule has 1 rings (SSSR count). The van der Waals surface area contributed by atoms with Gasteiger partial charge in [-0.1, -0.05) is 0 Å². The number of nitrogens with two attached hydrogens (primary N) is 1. The molecule has 12 heavy (non-hydrogen) atoms. The Hall–Kier alpha value is -1.04. The van der Waals surface area contributed by atoms with Gasteiger partial charge in [0.15, 0.2) is 9.84 Å². The van der Waals surface area contributed by atoms with Crippen molar-refractivity contribution in [2.45, 2.75) is 13.0 Å². The van der Waals surface area contributed by atoms with E-state index in [2.05, 4.69) is 0 Å². The molecule has 0 aliphatic carbocycles. The molecule has 0 aromatic carbocycles. The Balaban J connectivity index is 2.76. The fraction of sp³-hybridized carbons (Fsp3) is 0.500. The van der Waals surface area contributed by atoms with E-state index in [4.69, 9.17) is 15.9 Å². The third kappa shape index (κ3) is 1.97. The van der Waals surface area contributed by atoms with Crippen LogP contribution in [0.3, 0.4) is 0 Å². The maximum atomic E-state index is 11.0. The lowest BCUT2D eigenvalue weighted by Crippen LogP contribution is -2.26. The van der Waals surface area contributed by atoms with Gasteiger partial charge in [0, 0.05) is 5.41 Å². The van der Waals surface area contributed by atoms with E-state index in [1.54, 1.807) is 6.92 Å².